The van der Waals surface area contributed by atoms with Crippen molar-refractivity contribution in [1.82, 2.24) is 0 Å². The average Bonchev–Trinajstić information content (AvgIpc) is 2.81. The van der Waals surface area contributed by atoms with Crippen molar-refractivity contribution < 1.29 is 19.4 Å². The molecule has 1 amide bonds. The van der Waals surface area contributed by atoms with Gasteiger partial charge in [0.05, 0.1) is 18.1 Å². The van der Waals surface area contributed by atoms with E-state index in [0.717, 1.165) is 6.42 Å². The minimum atomic E-state index is -0.963. The quantitative estimate of drug-likeness (QED) is 0.854. The number of carboxylic acids is 1. The number of amides is 1. The van der Waals surface area contributed by atoms with Crippen LogP contribution < -0.4 is 5.32 Å². The van der Waals surface area contributed by atoms with Crippen LogP contribution in [0.5, 0.6) is 0 Å². The lowest BCUT2D eigenvalue weighted by atomic mass is 10.1. The highest BCUT2D eigenvalue weighted by molar-refractivity contribution is 5.94. The van der Waals surface area contributed by atoms with Gasteiger partial charge in [-0.1, -0.05) is 0 Å². The van der Waals surface area contributed by atoms with Gasteiger partial charge in [-0.15, -0.1) is 0 Å². The Hall–Kier alpha value is -1.88. The average molecular weight is 249 g/mol. The summed E-state index contributed by atoms with van der Waals surface area (Å²) in [6.45, 7) is 2.78. The van der Waals surface area contributed by atoms with Crippen LogP contribution >= 0.6 is 0 Å². The van der Waals surface area contributed by atoms with Gasteiger partial charge in [0.2, 0.25) is 5.91 Å². The van der Waals surface area contributed by atoms with Gasteiger partial charge >= 0.3 is 5.97 Å². The predicted octanol–water partition coefficient (Wildman–Crippen LogP) is 1.67. The van der Waals surface area contributed by atoms with Crippen molar-refractivity contribution in [2.45, 2.75) is 13.3 Å². The molecule has 5 nitrogen and oxygen atoms in total. The number of benzene rings is 1. The van der Waals surface area contributed by atoms with Crippen LogP contribution in [0.4, 0.5) is 5.69 Å². The van der Waals surface area contributed by atoms with Crippen LogP contribution in [0, 0.1) is 12.8 Å². The Morgan fingerprint density at radius 3 is 2.78 bits per heavy atom. The highest BCUT2D eigenvalue weighted by Gasteiger charge is 2.23. The molecule has 0 aliphatic carbocycles. The predicted molar refractivity (Wildman–Crippen MR) is 65.7 cm³/mol. The molecule has 1 aromatic rings. The Morgan fingerprint density at radius 2 is 2.22 bits per heavy atom. The summed E-state index contributed by atoms with van der Waals surface area (Å²) in [4.78, 5) is 22.7. The highest BCUT2D eigenvalue weighted by Crippen LogP contribution is 2.18. The molecule has 1 aliphatic rings. The lowest BCUT2D eigenvalue weighted by Gasteiger charge is -2.10. The molecule has 5 heteroatoms. The highest BCUT2D eigenvalue weighted by atomic mass is 16.5. The Kier molecular flexibility index (Phi) is 3.62. The maximum absolute atomic E-state index is 11.8. The smallest absolute Gasteiger partial charge is 0.335 e. The van der Waals surface area contributed by atoms with Gasteiger partial charge in [-0.3, -0.25) is 4.79 Å². The van der Waals surface area contributed by atoms with Gasteiger partial charge in [0.1, 0.15) is 0 Å². The van der Waals surface area contributed by atoms with Crippen molar-refractivity contribution in [1.29, 1.82) is 0 Å². The summed E-state index contributed by atoms with van der Waals surface area (Å²) in [7, 11) is 0. The van der Waals surface area contributed by atoms with E-state index in [1.807, 2.05) is 0 Å². The fourth-order valence-corrected chi connectivity index (χ4v) is 1.97. The summed E-state index contributed by atoms with van der Waals surface area (Å²) in [6.07, 6.45) is 0.734. The summed E-state index contributed by atoms with van der Waals surface area (Å²) in [6, 6.07) is 4.76. The normalized spacial score (nSPS) is 18.6. The number of aromatic carboxylic acids is 1. The molecular formula is C13H15NO4. The van der Waals surface area contributed by atoms with Gasteiger partial charge in [0.25, 0.3) is 0 Å². The van der Waals surface area contributed by atoms with Crippen LogP contribution in [0.3, 0.4) is 0 Å². The molecule has 2 rings (SSSR count). The first-order valence-corrected chi connectivity index (χ1v) is 5.80. The van der Waals surface area contributed by atoms with Gasteiger partial charge in [-0.05, 0) is 37.1 Å². The summed E-state index contributed by atoms with van der Waals surface area (Å²) in [5, 5.41) is 11.7. The number of nitrogens with one attached hydrogen (secondary N) is 1. The van der Waals surface area contributed by atoms with Crippen LogP contribution in [0.2, 0.25) is 0 Å². The molecule has 0 bridgehead atoms. The fourth-order valence-electron chi connectivity index (χ4n) is 1.97. The second-order valence-electron chi connectivity index (χ2n) is 4.38. The SMILES string of the molecule is Cc1cc(NC(=O)C2CCOC2)ccc1C(=O)O. The maximum atomic E-state index is 11.8. The molecule has 1 aliphatic heterocycles. The van der Waals surface area contributed by atoms with Gasteiger partial charge in [-0.2, -0.15) is 0 Å². The Morgan fingerprint density at radius 1 is 1.44 bits per heavy atom. The summed E-state index contributed by atoms with van der Waals surface area (Å²) < 4.78 is 5.15. The van der Waals surface area contributed by atoms with Crippen LogP contribution in [-0.2, 0) is 9.53 Å². The number of aryl methyl sites for hydroxylation is 1. The minimum Gasteiger partial charge on any atom is -0.478 e. The zero-order chi connectivity index (χ0) is 13.1. The summed E-state index contributed by atoms with van der Waals surface area (Å²) in [5.41, 5.74) is 1.49. The van der Waals surface area contributed by atoms with Crippen molar-refractivity contribution in [3.05, 3.63) is 29.3 Å². The second kappa shape index (κ2) is 5.18. The zero-order valence-electron chi connectivity index (χ0n) is 10.1. The molecule has 96 valence electrons. The summed E-state index contributed by atoms with van der Waals surface area (Å²) >= 11 is 0. The van der Waals surface area contributed by atoms with Gasteiger partial charge in [0, 0.05) is 12.3 Å². The van der Waals surface area contributed by atoms with Gasteiger partial charge < -0.3 is 15.2 Å². The van der Waals surface area contributed by atoms with E-state index in [-0.39, 0.29) is 17.4 Å². The van der Waals surface area contributed by atoms with E-state index < -0.39 is 5.97 Å². The third kappa shape index (κ3) is 2.68. The third-order valence-electron chi connectivity index (χ3n) is 3.02. The number of carbonyl (C=O) groups excluding carboxylic acids is 1. The number of hydrogen-bond donors (Lipinski definition) is 2. The molecule has 0 radical (unpaired) electrons. The molecule has 0 spiro atoms. The molecule has 1 saturated heterocycles. The molecule has 1 unspecified atom stereocenters. The monoisotopic (exact) mass is 249 g/mol. The van der Waals surface area contributed by atoms with E-state index in [4.69, 9.17) is 9.84 Å². The first kappa shape index (κ1) is 12.6. The molecule has 0 aromatic heterocycles. The van der Waals surface area contributed by atoms with Crippen molar-refractivity contribution >= 4 is 17.6 Å². The molecule has 1 fully saturated rings. The van der Waals surface area contributed by atoms with Crippen LogP contribution in [0.15, 0.2) is 18.2 Å². The number of hydrogen-bond acceptors (Lipinski definition) is 3. The molecule has 1 heterocycles. The number of carboxylic acid groups (broad SMARTS) is 1. The molecule has 18 heavy (non-hydrogen) atoms. The van der Waals surface area contributed by atoms with E-state index in [1.165, 1.54) is 6.07 Å². The van der Waals surface area contributed by atoms with Crippen molar-refractivity contribution in [2.24, 2.45) is 5.92 Å². The van der Waals surface area contributed by atoms with Crippen LogP contribution in [0.25, 0.3) is 0 Å². The van der Waals surface area contributed by atoms with E-state index in [2.05, 4.69) is 5.32 Å². The lowest BCUT2D eigenvalue weighted by Crippen LogP contribution is -2.22. The van der Waals surface area contributed by atoms with Crippen LogP contribution in [0.1, 0.15) is 22.3 Å². The molecule has 0 saturated carbocycles. The fraction of sp³-hybridized carbons (Fsp3) is 0.385. The Labute approximate surface area is 105 Å². The molecule has 1 aromatic carbocycles. The van der Waals surface area contributed by atoms with E-state index in [0.29, 0.717) is 24.5 Å². The zero-order valence-corrected chi connectivity index (χ0v) is 10.1. The van der Waals surface area contributed by atoms with Crippen LogP contribution in [-0.4, -0.2) is 30.2 Å². The van der Waals surface area contributed by atoms with Crippen molar-refractivity contribution in [3.8, 4) is 0 Å². The molecule has 2 N–H and O–H groups in total. The topological polar surface area (TPSA) is 75.6 Å². The first-order chi connectivity index (χ1) is 8.58. The maximum Gasteiger partial charge on any atom is 0.335 e. The number of anilines is 1. The third-order valence-corrected chi connectivity index (χ3v) is 3.02. The number of rotatable bonds is 3. The second-order valence-corrected chi connectivity index (χ2v) is 4.38. The summed E-state index contributed by atoms with van der Waals surface area (Å²) in [5.74, 6) is -1.14. The Balaban J connectivity index is 2.07. The van der Waals surface area contributed by atoms with Gasteiger partial charge in [0.15, 0.2) is 0 Å². The standard InChI is InChI=1S/C13H15NO4/c1-8-6-10(2-3-11(8)13(16)17)14-12(15)9-4-5-18-7-9/h2-3,6,9H,4-5,7H2,1H3,(H,14,15)(H,16,17). The van der Waals surface area contributed by atoms with Crippen molar-refractivity contribution in [3.63, 3.8) is 0 Å². The molecule has 1 atom stereocenters. The Bertz CT molecular complexity index is 478. The molecular weight excluding hydrogens is 234 g/mol. The van der Waals surface area contributed by atoms with Crippen molar-refractivity contribution in [2.75, 3.05) is 18.5 Å². The van der Waals surface area contributed by atoms with E-state index in [9.17, 15) is 9.59 Å². The van der Waals surface area contributed by atoms with Gasteiger partial charge in [-0.25, -0.2) is 4.79 Å². The van der Waals surface area contributed by atoms with E-state index >= 15 is 0 Å². The number of carbonyl (C=O) groups is 2. The largest absolute Gasteiger partial charge is 0.478 e. The number of ether oxygens (including phenoxy) is 1. The lowest BCUT2D eigenvalue weighted by molar-refractivity contribution is -0.119. The van der Waals surface area contributed by atoms with E-state index in [1.54, 1.807) is 19.1 Å². The first-order valence-electron chi connectivity index (χ1n) is 5.80. The minimum absolute atomic E-state index is 0.0741.